The van der Waals surface area contributed by atoms with Gasteiger partial charge in [-0.05, 0) is 60.3 Å². The van der Waals surface area contributed by atoms with E-state index in [-0.39, 0.29) is 6.04 Å². The van der Waals surface area contributed by atoms with Crippen molar-refractivity contribution >= 4 is 37.6 Å². The summed E-state index contributed by atoms with van der Waals surface area (Å²) in [4.78, 5) is 6.97. The van der Waals surface area contributed by atoms with Gasteiger partial charge in [-0.25, -0.2) is 4.98 Å². The fourth-order valence-electron chi connectivity index (χ4n) is 5.28. The van der Waals surface area contributed by atoms with Crippen LogP contribution in [0.3, 0.4) is 0 Å². The number of hydrogen-bond acceptors (Lipinski definition) is 4. The number of nitrogens with zero attached hydrogens (tertiary/aromatic N) is 2. The summed E-state index contributed by atoms with van der Waals surface area (Å²) in [6.07, 6.45) is 0.946. The van der Waals surface area contributed by atoms with Gasteiger partial charge in [-0.3, -0.25) is 0 Å². The van der Waals surface area contributed by atoms with Crippen LogP contribution in [-0.4, -0.2) is 36.2 Å². The Balaban J connectivity index is 1.67. The van der Waals surface area contributed by atoms with Gasteiger partial charge in [0.25, 0.3) is 0 Å². The molecule has 0 saturated carbocycles. The number of halogens is 1. The molecule has 0 aliphatic heterocycles. The van der Waals surface area contributed by atoms with Crippen LogP contribution >= 0.6 is 15.9 Å². The second kappa shape index (κ2) is 10.6. The highest BCUT2D eigenvalue weighted by Crippen LogP contribution is 2.42. The highest BCUT2D eigenvalue weighted by atomic mass is 79.9. The smallest absolute Gasteiger partial charge is 0.218 e. The van der Waals surface area contributed by atoms with Gasteiger partial charge in [0.1, 0.15) is 0 Å². The van der Waals surface area contributed by atoms with Crippen LogP contribution in [0.15, 0.2) is 102 Å². The Morgan fingerprint density at radius 2 is 1.62 bits per heavy atom. The van der Waals surface area contributed by atoms with E-state index in [0.29, 0.717) is 18.7 Å². The lowest BCUT2D eigenvalue weighted by Crippen LogP contribution is -2.35. The second-order valence-corrected chi connectivity index (χ2v) is 10.7. The van der Waals surface area contributed by atoms with Crippen LogP contribution in [0, 0.1) is 0 Å². The average Bonchev–Trinajstić information content (AvgIpc) is 2.91. The van der Waals surface area contributed by atoms with Crippen LogP contribution < -0.4 is 4.74 Å². The van der Waals surface area contributed by atoms with Gasteiger partial charge in [-0.1, -0.05) is 88.7 Å². The van der Waals surface area contributed by atoms with Crippen molar-refractivity contribution in [1.29, 1.82) is 0 Å². The number of benzene rings is 4. The Morgan fingerprint density at radius 1 is 0.892 bits per heavy atom. The minimum atomic E-state index is -1.14. The first-order valence-corrected chi connectivity index (χ1v) is 13.2. The SMILES string of the molecule is COc1nc2ccc(Br)cc2cc1C(CC(O)(Cc1ccccc1)c1cccc2ccccc12)N(C)C. The van der Waals surface area contributed by atoms with Crippen molar-refractivity contribution in [3.05, 3.63) is 118 Å². The van der Waals surface area contributed by atoms with Crippen LogP contribution in [0.4, 0.5) is 0 Å². The number of ether oxygens (including phenoxy) is 1. The zero-order valence-electron chi connectivity index (χ0n) is 21.4. The van der Waals surface area contributed by atoms with E-state index in [1.165, 1.54) is 0 Å². The van der Waals surface area contributed by atoms with Crippen LogP contribution in [0.5, 0.6) is 5.88 Å². The van der Waals surface area contributed by atoms with E-state index in [1.807, 2.05) is 62.6 Å². The number of aliphatic hydroxyl groups is 1. The maximum atomic E-state index is 12.6. The predicted molar refractivity (Wildman–Crippen MR) is 155 cm³/mol. The van der Waals surface area contributed by atoms with Gasteiger partial charge >= 0.3 is 0 Å². The Morgan fingerprint density at radius 3 is 2.38 bits per heavy atom. The molecule has 0 fully saturated rings. The average molecular weight is 556 g/mol. The largest absolute Gasteiger partial charge is 0.481 e. The van der Waals surface area contributed by atoms with Crippen molar-refractivity contribution in [2.45, 2.75) is 24.5 Å². The molecule has 0 aliphatic carbocycles. The van der Waals surface area contributed by atoms with Crippen LogP contribution in [0.1, 0.15) is 29.2 Å². The molecular weight excluding hydrogens is 524 g/mol. The zero-order chi connectivity index (χ0) is 26.0. The molecular formula is C32H31BrN2O2. The van der Waals surface area contributed by atoms with Gasteiger partial charge in [0.05, 0.1) is 18.2 Å². The van der Waals surface area contributed by atoms with Gasteiger partial charge in [0.2, 0.25) is 5.88 Å². The topological polar surface area (TPSA) is 45.6 Å². The summed E-state index contributed by atoms with van der Waals surface area (Å²) in [5, 5.41) is 15.8. The maximum Gasteiger partial charge on any atom is 0.218 e. The highest BCUT2D eigenvalue weighted by molar-refractivity contribution is 9.10. The summed E-state index contributed by atoms with van der Waals surface area (Å²) in [7, 11) is 5.74. The minimum Gasteiger partial charge on any atom is -0.481 e. The first-order valence-electron chi connectivity index (χ1n) is 12.4. The molecule has 2 atom stereocenters. The van der Waals surface area contributed by atoms with Crippen LogP contribution in [0.25, 0.3) is 21.7 Å². The van der Waals surface area contributed by atoms with Crippen molar-refractivity contribution in [2.75, 3.05) is 21.2 Å². The third kappa shape index (κ3) is 5.26. The second-order valence-electron chi connectivity index (χ2n) is 9.83. The molecule has 188 valence electrons. The molecule has 0 radical (unpaired) electrons. The molecule has 4 aromatic carbocycles. The Hall–Kier alpha value is -3.25. The third-order valence-corrected chi connectivity index (χ3v) is 7.60. The summed E-state index contributed by atoms with van der Waals surface area (Å²) in [6, 6.07) is 32.7. The highest BCUT2D eigenvalue weighted by Gasteiger charge is 2.37. The molecule has 0 bridgehead atoms. The molecule has 5 heteroatoms. The molecule has 4 nitrogen and oxygen atoms in total. The molecule has 0 spiro atoms. The van der Waals surface area contributed by atoms with Crippen molar-refractivity contribution < 1.29 is 9.84 Å². The quantitative estimate of drug-likeness (QED) is 0.219. The van der Waals surface area contributed by atoms with Crippen molar-refractivity contribution in [2.24, 2.45) is 0 Å². The van der Waals surface area contributed by atoms with E-state index in [0.717, 1.165) is 42.8 Å². The van der Waals surface area contributed by atoms with Crippen LogP contribution in [0.2, 0.25) is 0 Å². The van der Waals surface area contributed by atoms with Gasteiger partial charge in [-0.15, -0.1) is 0 Å². The molecule has 2 unspecified atom stereocenters. The maximum absolute atomic E-state index is 12.6. The van der Waals surface area contributed by atoms with Gasteiger partial charge in [-0.2, -0.15) is 0 Å². The lowest BCUT2D eigenvalue weighted by Gasteiger charge is -2.37. The monoisotopic (exact) mass is 554 g/mol. The molecule has 37 heavy (non-hydrogen) atoms. The molecule has 0 amide bonds. The van der Waals surface area contributed by atoms with E-state index in [1.54, 1.807) is 7.11 Å². The van der Waals surface area contributed by atoms with Crippen molar-refractivity contribution in [1.82, 2.24) is 9.88 Å². The molecule has 0 aliphatic rings. The lowest BCUT2D eigenvalue weighted by molar-refractivity contribution is 0.00484. The number of aromatic nitrogens is 1. The van der Waals surface area contributed by atoms with Crippen molar-refractivity contribution in [3.8, 4) is 5.88 Å². The van der Waals surface area contributed by atoms with Gasteiger partial charge in [0, 0.05) is 34.3 Å². The summed E-state index contributed by atoms with van der Waals surface area (Å²) >= 11 is 3.59. The fraction of sp³-hybridized carbons (Fsp3) is 0.219. The fourth-order valence-corrected chi connectivity index (χ4v) is 5.66. The van der Waals surface area contributed by atoms with E-state index in [9.17, 15) is 5.11 Å². The zero-order valence-corrected chi connectivity index (χ0v) is 22.9. The molecule has 0 saturated heterocycles. The molecule has 1 aromatic heterocycles. The Labute approximate surface area is 226 Å². The van der Waals surface area contributed by atoms with Gasteiger partial charge < -0.3 is 14.7 Å². The van der Waals surface area contributed by atoms with E-state index in [2.05, 4.69) is 69.4 Å². The number of fused-ring (bicyclic) bond motifs is 2. The summed E-state index contributed by atoms with van der Waals surface area (Å²) < 4.78 is 6.79. The number of methoxy groups -OCH3 is 1. The summed E-state index contributed by atoms with van der Waals surface area (Å²) in [5.74, 6) is 0.577. The molecule has 5 aromatic rings. The molecule has 1 heterocycles. The third-order valence-electron chi connectivity index (χ3n) is 7.11. The normalized spacial score (nSPS) is 14.1. The molecule has 1 N–H and O–H groups in total. The Bertz CT molecular complexity index is 1530. The summed E-state index contributed by atoms with van der Waals surface area (Å²) in [6.45, 7) is 0. The van der Waals surface area contributed by atoms with E-state index < -0.39 is 5.60 Å². The minimum absolute atomic E-state index is 0.154. The summed E-state index contributed by atoms with van der Waals surface area (Å²) in [5.41, 5.74) is 2.69. The van der Waals surface area contributed by atoms with E-state index >= 15 is 0 Å². The Kier molecular flexibility index (Phi) is 7.29. The standard InChI is InChI=1S/C32H31BrN2O2/c1-35(2)30(27-19-24-18-25(33)16-17-29(24)34-31(27)37-3)21-32(36,20-22-10-5-4-6-11-22)28-15-9-13-23-12-7-8-14-26(23)28/h4-19,30,36H,20-21H2,1-3H3. The number of rotatable bonds is 8. The lowest BCUT2D eigenvalue weighted by atomic mass is 9.78. The van der Waals surface area contributed by atoms with Crippen molar-refractivity contribution in [3.63, 3.8) is 0 Å². The number of pyridine rings is 1. The van der Waals surface area contributed by atoms with Crippen LogP contribution in [-0.2, 0) is 12.0 Å². The first kappa shape index (κ1) is 25.4. The predicted octanol–water partition coefficient (Wildman–Crippen LogP) is 7.28. The molecule has 5 rings (SSSR count). The first-order chi connectivity index (χ1) is 17.9. The van der Waals surface area contributed by atoms with E-state index in [4.69, 9.17) is 9.72 Å². The van der Waals surface area contributed by atoms with Gasteiger partial charge in [0.15, 0.2) is 0 Å². The number of hydrogen-bond donors (Lipinski definition) is 1.